The van der Waals surface area contributed by atoms with Gasteiger partial charge in [0, 0.05) is 30.6 Å². The van der Waals surface area contributed by atoms with Gasteiger partial charge in [-0.3, -0.25) is 4.79 Å². The van der Waals surface area contributed by atoms with E-state index in [1.54, 1.807) is 11.2 Å². The molecule has 1 aliphatic carbocycles. The monoisotopic (exact) mass is 534 g/mol. The lowest BCUT2D eigenvalue weighted by molar-refractivity contribution is 0.0725. The first-order valence-electron chi connectivity index (χ1n) is 13.4. The minimum absolute atomic E-state index is 0.0583. The molecular weight excluding hydrogens is 506 g/mol. The van der Waals surface area contributed by atoms with Crippen molar-refractivity contribution in [2.24, 2.45) is 0 Å². The van der Waals surface area contributed by atoms with Gasteiger partial charge in [-0.05, 0) is 71.8 Å². The molecule has 40 heavy (non-hydrogen) atoms. The zero-order valence-corrected chi connectivity index (χ0v) is 21.9. The molecule has 1 amide bonds. The van der Waals surface area contributed by atoms with Crippen LogP contribution in [-0.4, -0.2) is 33.4 Å². The molecule has 0 unspecified atom stereocenters. The quantitative estimate of drug-likeness (QED) is 0.221. The summed E-state index contributed by atoms with van der Waals surface area (Å²) in [5.74, 6) is -1.17. The van der Waals surface area contributed by atoms with Crippen LogP contribution in [0.5, 0.6) is 0 Å². The minimum atomic E-state index is -0.837. The number of rotatable bonds is 9. The average molecular weight is 535 g/mol. The molecule has 0 aliphatic heterocycles. The van der Waals surface area contributed by atoms with Crippen molar-refractivity contribution in [3.8, 4) is 11.1 Å². The van der Waals surface area contributed by atoms with Crippen molar-refractivity contribution in [1.29, 1.82) is 0 Å². The highest BCUT2D eigenvalue weighted by molar-refractivity contribution is 5.95. The number of fused-ring (bicyclic) bond motifs is 1. The number of nitrogens with zero attached hydrogens (tertiary/aromatic N) is 3. The van der Waals surface area contributed by atoms with Crippen molar-refractivity contribution in [3.05, 3.63) is 126 Å². The number of nitrogens with one attached hydrogen (secondary N) is 1. The van der Waals surface area contributed by atoms with E-state index in [4.69, 9.17) is 0 Å². The topological polar surface area (TPSA) is 58.1 Å². The van der Waals surface area contributed by atoms with Crippen molar-refractivity contribution >= 4 is 22.6 Å². The molecule has 0 bridgehead atoms. The van der Waals surface area contributed by atoms with Gasteiger partial charge in [-0.25, -0.2) is 18.7 Å². The molecule has 0 atom stereocenters. The van der Waals surface area contributed by atoms with Crippen LogP contribution in [0, 0.1) is 11.6 Å². The fourth-order valence-electron chi connectivity index (χ4n) is 4.96. The summed E-state index contributed by atoms with van der Waals surface area (Å²) in [7, 11) is 0. The largest absolute Gasteiger partial charge is 0.369 e. The van der Waals surface area contributed by atoms with Crippen LogP contribution in [0.1, 0.15) is 34.3 Å². The molecule has 7 heteroatoms. The molecule has 1 fully saturated rings. The number of anilines is 1. The van der Waals surface area contributed by atoms with Gasteiger partial charge in [0.1, 0.15) is 23.8 Å². The summed E-state index contributed by atoms with van der Waals surface area (Å²) in [6, 6.07) is 27.6. The van der Waals surface area contributed by atoms with Crippen molar-refractivity contribution in [3.63, 3.8) is 0 Å². The second-order valence-corrected chi connectivity index (χ2v) is 10.1. The first-order chi connectivity index (χ1) is 19.5. The lowest BCUT2D eigenvalue weighted by Crippen LogP contribution is -2.33. The van der Waals surface area contributed by atoms with E-state index in [0.29, 0.717) is 6.54 Å². The zero-order valence-electron chi connectivity index (χ0n) is 21.9. The van der Waals surface area contributed by atoms with Crippen LogP contribution >= 0.6 is 0 Å². The number of hydrogen-bond donors (Lipinski definition) is 1. The van der Waals surface area contributed by atoms with Crippen LogP contribution in [0.4, 0.5) is 14.6 Å². The summed E-state index contributed by atoms with van der Waals surface area (Å²) in [6.07, 6.45) is 4.20. The van der Waals surface area contributed by atoms with E-state index in [-0.39, 0.29) is 11.6 Å². The molecule has 1 aromatic heterocycles. The van der Waals surface area contributed by atoms with E-state index >= 15 is 0 Å². The summed E-state index contributed by atoms with van der Waals surface area (Å²) in [5, 5.41) is 4.39. The molecular formula is C33H28F2N4O. The molecule has 1 aliphatic rings. The maximum Gasteiger partial charge on any atom is 0.257 e. The Morgan fingerprint density at radius 3 is 2.45 bits per heavy atom. The second kappa shape index (κ2) is 11.2. The van der Waals surface area contributed by atoms with Gasteiger partial charge in [0.2, 0.25) is 0 Å². The second-order valence-electron chi connectivity index (χ2n) is 10.1. The van der Waals surface area contributed by atoms with Crippen LogP contribution in [0.15, 0.2) is 97.3 Å². The Morgan fingerprint density at radius 1 is 0.850 bits per heavy atom. The van der Waals surface area contributed by atoms with Crippen molar-refractivity contribution in [2.45, 2.75) is 31.8 Å². The van der Waals surface area contributed by atoms with Gasteiger partial charge in [0.05, 0.1) is 11.1 Å². The van der Waals surface area contributed by atoms with Gasteiger partial charge in [0.25, 0.3) is 5.91 Å². The summed E-state index contributed by atoms with van der Waals surface area (Å²) in [4.78, 5) is 23.8. The predicted molar refractivity (Wildman–Crippen MR) is 153 cm³/mol. The third kappa shape index (κ3) is 5.69. The Hall–Kier alpha value is -4.65. The fraction of sp³-hybridized carbons (Fsp3) is 0.182. The van der Waals surface area contributed by atoms with Crippen LogP contribution < -0.4 is 5.32 Å². The van der Waals surface area contributed by atoms with E-state index in [0.717, 1.165) is 71.4 Å². The molecule has 1 heterocycles. The number of carbonyl (C=O) groups is 1. The number of carbonyl (C=O) groups excluding carboxylic acids is 1. The van der Waals surface area contributed by atoms with Crippen LogP contribution in [0.2, 0.25) is 0 Å². The summed E-state index contributed by atoms with van der Waals surface area (Å²) >= 11 is 0. The summed E-state index contributed by atoms with van der Waals surface area (Å²) in [5.41, 5.74) is 4.94. The maximum atomic E-state index is 14.4. The van der Waals surface area contributed by atoms with Gasteiger partial charge in [-0.1, -0.05) is 54.6 Å². The lowest BCUT2D eigenvalue weighted by atomic mass is 10.0. The van der Waals surface area contributed by atoms with Crippen LogP contribution in [-0.2, 0) is 13.0 Å². The average Bonchev–Trinajstić information content (AvgIpc) is 3.82. The normalized spacial score (nSPS) is 12.8. The number of halogens is 2. The zero-order chi connectivity index (χ0) is 27.5. The minimum Gasteiger partial charge on any atom is -0.369 e. The molecule has 0 saturated heterocycles. The number of hydrogen-bond acceptors (Lipinski definition) is 4. The van der Waals surface area contributed by atoms with Crippen LogP contribution in [0.25, 0.3) is 22.0 Å². The molecule has 0 radical (unpaired) electrons. The van der Waals surface area contributed by atoms with Crippen molar-refractivity contribution in [2.75, 3.05) is 11.9 Å². The van der Waals surface area contributed by atoms with Gasteiger partial charge in [-0.15, -0.1) is 0 Å². The number of amides is 1. The Kier molecular flexibility index (Phi) is 7.19. The van der Waals surface area contributed by atoms with E-state index in [1.165, 1.54) is 11.6 Å². The fourth-order valence-corrected chi connectivity index (χ4v) is 4.96. The van der Waals surface area contributed by atoms with E-state index in [2.05, 4.69) is 39.6 Å². The first-order valence-corrected chi connectivity index (χ1v) is 13.4. The molecule has 1 saturated carbocycles. The molecule has 1 N–H and O–H groups in total. The predicted octanol–water partition coefficient (Wildman–Crippen LogP) is 7.03. The van der Waals surface area contributed by atoms with E-state index < -0.39 is 17.5 Å². The van der Waals surface area contributed by atoms with Gasteiger partial charge in [0.15, 0.2) is 0 Å². The third-order valence-corrected chi connectivity index (χ3v) is 7.21. The third-order valence-electron chi connectivity index (χ3n) is 7.21. The number of aromatic nitrogens is 2. The Balaban J connectivity index is 1.23. The SMILES string of the molecule is O=C(c1ccc(F)cc1F)N(Cc1cccc(-c2ccc3ncnc(NCCc4ccccc4)c3c2)c1)C1CC1. The molecule has 5 aromatic rings. The maximum absolute atomic E-state index is 14.4. The Morgan fingerprint density at radius 2 is 1.65 bits per heavy atom. The van der Waals surface area contributed by atoms with Gasteiger partial charge in [-0.2, -0.15) is 0 Å². The summed E-state index contributed by atoms with van der Waals surface area (Å²) < 4.78 is 27.8. The molecule has 6 rings (SSSR count). The van der Waals surface area contributed by atoms with Crippen molar-refractivity contribution < 1.29 is 13.6 Å². The summed E-state index contributed by atoms with van der Waals surface area (Å²) in [6.45, 7) is 1.09. The first kappa shape index (κ1) is 25.6. The molecule has 5 nitrogen and oxygen atoms in total. The van der Waals surface area contributed by atoms with Gasteiger partial charge >= 0.3 is 0 Å². The van der Waals surface area contributed by atoms with E-state index in [9.17, 15) is 13.6 Å². The van der Waals surface area contributed by atoms with Gasteiger partial charge < -0.3 is 10.2 Å². The van der Waals surface area contributed by atoms with Crippen LogP contribution in [0.3, 0.4) is 0 Å². The Labute approximate surface area is 231 Å². The molecule has 200 valence electrons. The highest BCUT2D eigenvalue weighted by Crippen LogP contribution is 2.32. The van der Waals surface area contributed by atoms with E-state index in [1.807, 2.05) is 48.5 Å². The molecule has 0 spiro atoms. The smallest absolute Gasteiger partial charge is 0.257 e. The Bertz CT molecular complexity index is 1670. The lowest BCUT2D eigenvalue weighted by Gasteiger charge is -2.23. The standard InChI is InChI=1S/C33H28F2N4O/c34-26-10-13-28(30(35)19-26)33(40)39(27-11-12-27)20-23-7-4-8-24(17-23)25-9-14-31-29(18-25)32(38-21-37-31)36-16-15-22-5-2-1-3-6-22/h1-10,13-14,17-19,21,27H,11-12,15-16,20H2,(H,36,37,38). The van der Waals surface area contributed by atoms with Crippen molar-refractivity contribution in [1.82, 2.24) is 14.9 Å². The molecule has 4 aromatic carbocycles. The highest BCUT2D eigenvalue weighted by atomic mass is 19.1. The highest BCUT2D eigenvalue weighted by Gasteiger charge is 2.34. The number of benzene rings is 4.